The fourth-order valence-corrected chi connectivity index (χ4v) is 1.76. The lowest BCUT2D eigenvalue weighted by atomic mass is 10.2. The van der Waals surface area contributed by atoms with Crippen LogP contribution < -0.4 is 11.1 Å². The van der Waals surface area contributed by atoms with Crippen molar-refractivity contribution in [3.05, 3.63) is 34.8 Å². The molecule has 0 saturated carbocycles. The summed E-state index contributed by atoms with van der Waals surface area (Å²) >= 11 is 0. The van der Waals surface area contributed by atoms with Crippen LogP contribution in [0.25, 0.3) is 0 Å². The van der Waals surface area contributed by atoms with E-state index in [-0.39, 0.29) is 5.69 Å². The number of aromatic nitrogens is 2. The summed E-state index contributed by atoms with van der Waals surface area (Å²) in [6.45, 7) is 4.15. The Morgan fingerprint density at radius 2 is 2.20 bits per heavy atom. The van der Waals surface area contributed by atoms with Gasteiger partial charge in [0.05, 0.1) is 18.5 Å². The average Bonchev–Trinajstić information content (AvgIpc) is 2.76. The third-order valence-corrected chi connectivity index (χ3v) is 2.93. The van der Waals surface area contributed by atoms with E-state index < -0.39 is 5.97 Å². The van der Waals surface area contributed by atoms with E-state index in [9.17, 15) is 4.79 Å². The first-order chi connectivity index (χ1) is 9.52. The lowest BCUT2D eigenvalue weighted by Gasteiger charge is -2.09. The zero-order chi connectivity index (χ0) is 14.7. The quantitative estimate of drug-likeness (QED) is 0.818. The number of nitrogens with one attached hydrogen (secondary N) is 1. The van der Waals surface area contributed by atoms with Gasteiger partial charge in [0.2, 0.25) is 0 Å². The van der Waals surface area contributed by atoms with Gasteiger partial charge < -0.3 is 20.3 Å². The summed E-state index contributed by atoms with van der Waals surface area (Å²) in [7, 11) is 1.30. The first-order valence-corrected chi connectivity index (χ1v) is 6.03. The van der Waals surface area contributed by atoms with Gasteiger partial charge in [-0.1, -0.05) is 5.16 Å². The maximum absolute atomic E-state index is 11.4. The van der Waals surface area contributed by atoms with E-state index in [1.807, 2.05) is 13.8 Å². The lowest BCUT2D eigenvalue weighted by Crippen LogP contribution is -2.10. The number of ether oxygens (including phenoxy) is 1. The number of methoxy groups -OCH3 is 1. The molecular weight excluding hydrogens is 260 g/mol. The summed E-state index contributed by atoms with van der Waals surface area (Å²) in [5, 5.41) is 6.94. The fraction of sp³-hybridized carbons (Fsp3) is 0.308. The molecule has 7 nitrogen and oxygen atoms in total. The van der Waals surface area contributed by atoms with Crippen LogP contribution in [0.1, 0.15) is 27.5 Å². The van der Waals surface area contributed by atoms with Gasteiger partial charge >= 0.3 is 5.97 Å². The van der Waals surface area contributed by atoms with Crippen molar-refractivity contribution in [1.82, 2.24) is 10.1 Å². The van der Waals surface area contributed by atoms with Crippen molar-refractivity contribution >= 4 is 17.5 Å². The second-order valence-corrected chi connectivity index (χ2v) is 4.28. The molecule has 2 heterocycles. The van der Waals surface area contributed by atoms with Gasteiger partial charge in [0, 0.05) is 12.1 Å². The van der Waals surface area contributed by atoms with E-state index >= 15 is 0 Å². The maximum atomic E-state index is 11.4. The Morgan fingerprint density at radius 1 is 1.45 bits per heavy atom. The number of rotatable bonds is 4. The van der Waals surface area contributed by atoms with E-state index in [2.05, 4.69) is 20.2 Å². The Bertz CT molecular complexity index is 617. The topological polar surface area (TPSA) is 103 Å². The van der Waals surface area contributed by atoms with E-state index in [0.717, 1.165) is 17.0 Å². The van der Waals surface area contributed by atoms with Crippen molar-refractivity contribution in [3.63, 3.8) is 0 Å². The van der Waals surface area contributed by atoms with Crippen LogP contribution in [0.5, 0.6) is 0 Å². The van der Waals surface area contributed by atoms with Crippen LogP contribution in [0.2, 0.25) is 0 Å². The van der Waals surface area contributed by atoms with Crippen molar-refractivity contribution in [1.29, 1.82) is 0 Å². The molecule has 2 aromatic rings. The molecule has 2 rings (SSSR count). The van der Waals surface area contributed by atoms with E-state index in [1.54, 1.807) is 6.07 Å². The van der Waals surface area contributed by atoms with Crippen LogP contribution >= 0.6 is 0 Å². The number of hydrogen-bond acceptors (Lipinski definition) is 7. The lowest BCUT2D eigenvalue weighted by molar-refractivity contribution is 0.0594. The fourth-order valence-electron chi connectivity index (χ4n) is 1.76. The van der Waals surface area contributed by atoms with Gasteiger partial charge in [-0.2, -0.15) is 0 Å². The summed E-state index contributed by atoms with van der Waals surface area (Å²) in [5.41, 5.74) is 8.22. The third kappa shape index (κ3) is 2.71. The predicted octanol–water partition coefficient (Wildman–Crippen LogP) is 1.67. The van der Waals surface area contributed by atoms with Crippen LogP contribution in [-0.4, -0.2) is 23.2 Å². The number of hydrogen-bond donors (Lipinski definition) is 2. The monoisotopic (exact) mass is 276 g/mol. The van der Waals surface area contributed by atoms with E-state index in [0.29, 0.717) is 18.1 Å². The number of nitrogen functional groups attached to an aromatic ring is 1. The van der Waals surface area contributed by atoms with Crippen LogP contribution in [0, 0.1) is 13.8 Å². The van der Waals surface area contributed by atoms with Crippen molar-refractivity contribution in [2.75, 3.05) is 18.2 Å². The molecular formula is C13H16N4O3. The first kappa shape index (κ1) is 13.9. The first-order valence-electron chi connectivity index (χ1n) is 6.03. The highest BCUT2D eigenvalue weighted by Gasteiger charge is 2.12. The molecule has 3 N–H and O–H groups in total. The minimum atomic E-state index is -0.509. The van der Waals surface area contributed by atoms with Crippen LogP contribution in [-0.2, 0) is 11.3 Å². The van der Waals surface area contributed by atoms with Gasteiger partial charge in [-0.15, -0.1) is 0 Å². The molecule has 7 heteroatoms. The number of carbonyl (C=O) groups excluding carboxylic acids is 1. The van der Waals surface area contributed by atoms with Gasteiger partial charge in [-0.25, -0.2) is 9.78 Å². The standard InChI is InChI=1S/C13H16N4O3/c1-7-9(8(2)20-17-7)6-15-12-10(14)4-5-11(16-12)13(18)19-3/h4-5H,6,14H2,1-3H3,(H,15,16). The molecule has 0 amide bonds. The van der Waals surface area contributed by atoms with Gasteiger partial charge in [-0.3, -0.25) is 0 Å². The molecule has 0 aliphatic heterocycles. The molecule has 0 bridgehead atoms. The molecule has 2 aromatic heterocycles. The molecule has 20 heavy (non-hydrogen) atoms. The van der Waals surface area contributed by atoms with E-state index in [4.69, 9.17) is 10.3 Å². The summed E-state index contributed by atoms with van der Waals surface area (Å²) < 4.78 is 9.70. The summed E-state index contributed by atoms with van der Waals surface area (Å²) in [4.78, 5) is 15.6. The largest absolute Gasteiger partial charge is 0.464 e. The SMILES string of the molecule is COC(=O)c1ccc(N)c(NCc2c(C)noc2C)n1. The Kier molecular flexibility index (Phi) is 3.88. The highest BCUT2D eigenvalue weighted by molar-refractivity contribution is 5.88. The Hall–Kier alpha value is -2.57. The molecule has 106 valence electrons. The number of anilines is 2. The molecule has 0 aliphatic rings. The minimum absolute atomic E-state index is 0.197. The summed E-state index contributed by atoms with van der Waals surface area (Å²) in [6, 6.07) is 3.12. The van der Waals surface area contributed by atoms with Gasteiger partial charge in [-0.05, 0) is 26.0 Å². The number of carbonyl (C=O) groups is 1. The molecule has 0 saturated heterocycles. The summed E-state index contributed by atoms with van der Waals surface area (Å²) in [5.74, 6) is 0.649. The normalized spacial score (nSPS) is 10.3. The highest BCUT2D eigenvalue weighted by atomic mass is 16.5. The molecule has 0 atom stereocenters. The number of pyridine rings is 1. The molecule has 0 radical (unpaired) electrons. The smallest absolute Gasteiger partial charge is 0.356 e. The molecule has 0 fully saturated rings. The van der Waals surface area contributed by atoms with Crippen molar-refractivity contribution < 1.29 is 14.1 Å². The van der Waals surface area contributed by atoms with E-state index in [1.165, 1.54) is 13.2 Å². The van der Waals surface area contributed by atoms with Crippen LogP contribution in [0.4, 0.5) is 11.5 Å². The zero-order valence-corrected chi connectivity index (χ0v) is 11.6. The number of esters is 1. The zero-order valence-electron chi connectivity index (χ0n) is 11.6. The van der Waals surface area contributed by atoms with Crippen molar-refractivity contribution in [3.8, 4) is 0 Å². The number of aryl methyl sites for hydroxylation is 2. The van der Waals surface area contributed by atoms with Crippen LogP contribution in [0.15, 0.2) is 16.7 Å². The Balaban J connectivity index is 2.19. The predicted molar refractivity (Wildman–Crippen MR) is 73.3 cm³/mol. The van der Waals surface area contributed by atoms with Gasteiger partial charge in [0.1, 0.15) is 11.6 Å². The van der Waals surface area contributed by atoms with Crippen molar-refractivity contribution in [2.24, 2.45) is 0 Å². The summed E-state index contributed by atoms with van der Waals surface area (Å²) in [6.07, 6.45) is 0. The third-order valence-electron chi connectivity index (χ3n) is 2.93. The molecule has 0 unspecified atom stereocenters. The maximum Gasteiger partial charge on any atom is 0.356 e. The minimum Gasteiger partial charge on any atom is -0.464 e. The Morgan fingerprint density at radius 3 is 2.80 bits per heavy atom. The second-order valence-electron chi connectivity index (χ2n) is 4.28. The molecule has 0 spiro atoms. The van der Waals surface area contributed by atoms with Crippen LogP contribution in [0.3, 0.4) is 0 Å². The molecule has 0 aliphatic carbocycles. The highest BCUT2D eigenvalue weighted by Crippen LogP contribution is 2.19. The average molecular weight is 276 g/mol. The number of nitrogens with two attached hydrogens (primary N) is 1. The van der Waals surface area contributed by atoms with Gasteiger partial charge in [0.15, 0.2) is 5.69 Å². The Labute approximate surface area is 116 Å². The number of nitrogens with zero attached hydrogens (tertiary/aromatic N) is 2. The van der Waals surface area contributed by atoms with Crippen molar-refractivity contribution in [2.45, 2.75) is 20.4 Å². The second kappa shape index (κ2) is 5.60. The molecule has 0 aromatic carbocycles. The van der Waals surface area contributed by atoms with Gasteiger partial charge in [0.25, 0.3) is 0 Å².